The van der Waals surface area contributed by atoms with E-state index in [4.69, 9.17) is 4.74 Å². The lowest BCUT2D eigenvalue weighted by Gasteiger charge is -2.14. The molecule has 0 aromatic heterocycles. The first-order valence-corrected chi connectivity index (χ1v) is 7.87. The highest BCUT2D eigenvalue weighted by atomic mass is 79.9. The highest BCUT2D eigenvalue weighted by Gasteiger charge is 2.06. The molecule has 1 atom stereocenters. The van der Waals surface area contributed by atoms with Crippen molar-refractivity contribution in [3.05, 3.63) is 69.7 Å². The summed E-state index contributed by atoms with van der Waals surface area (Å²) in [6.45, 7) is 2.77. The summed E-state index contributed by atoms with van der Waals surface area (Å²) >= 11 is 3.43. The number of halogens is 1. The Balaban J connectivity index is 1.83. The molecule has 0 N–H and O–H groups in total. The van der Waals surface area contributed by atoms with Crippen LogP contribution in [-0.2, 0) is 17.6 Å². The summed E-state index contributed by atoms with van der Waals surface area (Å²) in [4.78, 5) is 10.9. The Bertz CT molecular complexity index is 581. The fourth-order valence-corrected chi connectivity index (χ4v) is 2.83. The van der Waals surface area contributed by atoms with Gasteiger partial charge in [0.25, 0.3) is 0 Å². The Hall–Kier alpha value is -1.45. The van der Waals surface area contributed by atoms with Crippen molar-refractivity contribution in [2.45, 2.75) is 25.9 Å². The normalized spacial score (nSPS) is 12.1. The molecule has 110 valence electrons. The Morgan fingerprint density at radius 3 is 2.62 bits per heavy atom. The van der Waals surface area contributed by atoms with E-state index in [1.165, 1.54) is 5.56 Å². The van der Waals surface area contributed by atoms with Gasteiger partial charge in [-0.05, 0) is 49.1 Å². The molecule has 0 aliphatic carbocycles. The molecule has 2 nitrogen and oxygen atoms in total. The number of rotatable bonds is 7. The molecular weight excluding hydrogens is 328 g/mol. The molecule has 0 bridgehead atoms. The number of hydrogen-bond donors (Lipinski definition) is 0. The second-order valence-electron chi connectivity index (χ2n) is 5.13. The Morgan fingerprint density at radius 2 is 1.90 bits per heavy atom. The number of aldehydes is 1. The zero-order chi connectivity index (χ0) is 15.1. The molecular formula is C18H19BrO2. The third-order valence-corrected chi connectivity index (χ3v) is 3.73. The largest absolute Gasteiger partial charge is 0.378 e. The van der Waals surface area contributed by atoms with Crippen LogP contribution in [0.5, 0.6) is 0 Å². The van der Waals surface area contributed by atoms with Gasteiger partial charge in [-0.1, -0.05) is 46.3 Å². The van der Waals surface area contributed by atoms with Gasteiger partial charge in [-0.2, -0.15) is 0 Å². The maximum atomic E-state index is 10.9. The van der Waals surface area contributed by atoms with Crippen LogP contribution in [0.15, 0.2) is 53.0 Å². The van der Waals surface area contributed by atoms with Gasteiger partial charge in [0.1, 0.15) is 6.29 Å². The molecule has 0 heterocycles. The van der Waals surface area contributed by atoms with Crippen molar-refractivity contribution in [1.29, 1.82) is 0 Å². The fraction of sp³-hybridized carbons (Fsp3) is 0.278. The molecule has 0 fully saturated rings. The molecule has 2 aromatic rings. The Labute approximate surface area is 134 Å². The first kappa shape index (κ1) is 15.9. The third-order valence-electron chi connectivity index (χ3n) is 3.28. The fourth-order valence-electron chi connectivity index (χ4n) is 2.27. The minimum atomic E-state index is 0.127. The van der Waals surface area contributed by atoms with Crippen molar-refractivity contribution in [3.63, 3.8) is 0 Å². The van der Waals surface area contributed by atoms with E-state index in [9.17, 15) is 4.79 Å². The standard InChI is InChI=1S/C18H19BrO2/c1-14(21-8-7-15-5-3-2-4-6-15)9-16-10-17(13-20)12-18(19)11-16/h2-6,10-14H,7-9H2,1H3. The van der Waals surface area contributed by atoms with Gasteiger partial charge in [-0.25, -0.2) is 0 Å². The van der Waals surface area contributed by atoms with Gasteiger partial charge in [0.2, 0.25) is 0 Å². The SMILES string of the molecule is CC(Cc1cc(Br)cc(C=O)c1)OCCc1ccccc1. The van der Waals surface area contributed by atoms with Crippen LogP contribution >= 0.6 is 15.9 Å². The highest BCUT2D eigenvalue weighted by Crippen LogP contribution is 2.17. The molecule has 0 spiro atoms. The number of carbonyl (C=O) groups excluding carboxylic acids is 1. The van der Waals surface area contributed by atoms with E-state index in [1.807, 2.05) is 36.4 Å². The van der Waals surface area contributed by atoms with Crippen molar-refractivity contribution in [2.24, 2.45) is 0 Å². The summed E-state index contributed by atoms with van der Waals surface area (Å²) < 4.78 is 6.79. The van der Waals surface area contributed by atoms with Gasteiger partial charge in [-0.15, -0.1) is 0 Å². The summed E-state index contributed by atoms with van der Waals surface area (Å²) in [7, 11) is 0. The van der Waals surface area contributed by atoms with Gasteiger partial charge in [0.15, 0.2) is 0 Å². The van der Waals surface area contributed by atoms with Crippen molar-refractivity contribution in [3.8, 4) is 0 Å². The number of hydrogen-bond acceptors (Lipinski definition) is 2. The molecule has 2 aromatic carbocycles. The van der Waals surface area contributed by atoms with Gasteiger partial charge < -0.3 is 4.74 Å². The lowest BCUT2D eigenvalue weighted by atomic mass is 10.1. The lowest BCUT2D eigenvalue weighted by molar-refractivity contribution is 0.0687. The van der Waals surface area contributed by atoms with E-state index in [-0.39, 0.29) is 6.10 Å². The van der Waals surface area contributed by atoms with Crippen molar-refractivity contribution >= 4 is 22.2 Å². The minimum absolute atomic E-state index is 0.127. The maximum absolute atomic E-state index is 10.9. The van der Waals surface area contributed by atoms with Crippen LogP contribution < -0.4 is 0 Å². The van der Waals surface area contributed by atoms with E-state index in [0.717, 1.165) is 29.2 Å². The molecule has 21 heavy (non-hydrogen) atoms. The molecule has 1 unspecified atom stereocenters. The average molecular weight is 347 g/mol. The molecule has 0 radical (unpaired) electrons. The van der Waals surface area contributed by atoms with Crippen molar-refractivity contribution in [2.75, 3.05) is 6.61 Å². The molecule has 0 amide bonds. The molecule has 0 aliphatic heterocycles. The number of benzene rings is 2. The number of carbonyl (C=O) groups is 1. The van der Waals surface area contributed by atoms with Crippen LogP contribution in [0.4, 0.5) is 0 Å². The van der Waals surface area contributed by atoms with E-state index in [0.29, 0.717) is 12.2 Å². The quantitative estimate of drug-likeness (QED) is 0.692. The van der Waals surface area contributed by atoms with Crippen LogP contribution in [0.1, 0.15) is 28.4 Å². The van der Waals surface area contributed by atoms with Crippen molar-refractivity contribution in [1.82, 2.24) is 0 Å². The molecule has 0 saturated heterocycles. The maximum Gasteiger partial charge on any atom is 0.150 e. The van der Waals surface area contributed by atoms with Gasteiger partial charge >= 0.3 is 0 Å². The smallest absolute Gasteiger partial charge is 0.150 e. The van der Waals surface area contributed by atoms with Crippen LogP contribution in [0.25, 0.3) is 0 Å². The molecule has 3 heteroatoms. The predicted molar refractivity (Wildman–Crippen MR) is 88.8 cm³/mol. The summed E-state index contributed by atoms with van der Waals surface area (Å²) in [5.74, 6) is 0. The minimum Gasteiger partial charge on any atom is -0.378 e. The number of ether oxygens (including phenoxy) is 1. The van der Waals surface area contributed by atoms with Crippen LogP contribution in [-0.4, -0.2) is 19.0 Å². The Kier molecular flexibility index (Phi) is 6.15. The van der Waals surface area contributed by atoms with Crippen molar-refractivity contribution < 1.29 is 9.53 Å². The summed E-state index contributed by atoms with van der Waals surface area (Å²) in [5, 5.41) is 0. The topological polar surface area (TPSA) is 26.3 Å². The molecule has 0 aliphatic rings. The van der Waals surface area contributed by atoms with Gasteiger partial charge in [0.05, 0.1) is 12.7 Å². The van der Waals surface area contributed by atoms with E-state index >= 15 is 0 Å². The summed E-state index contributed by atoms with van der Waals surface area (Å²) in [6.07, 6.45) is 2.72. The van der Waals surface area contributed by atoms with E-state index in [2.05, 4.69) is 35.0 Å². The zero-order valence-electron chi connectivity index (χ0n) is 12.1. The summed E-state index contributed by atoms with van der Waals surface area (Å²) in [6, 6.07) is 16.1. The summed E-state index contributed by atoms with van der Waals surface area (Å²) in [5.41, 5.74) is 3.09. The monoisotopic (exact) mass is 346 g/mol. The van der Waals surface area contributed by atoms with Crippen LogP contribution in [0.3, 0.4) is 0 Å². The third kappa shape index (κ3) is 5.44. The second kappa shape index (κ2) is 8.11. The lowest BCUT2D eigenvalue weighted by Crippen LogP contribution is -2.14. The van der Waals surface area contributed by atoms with Crippen LogP contribution in [0.2, 0.25) is 0 Å². The van der Waals surface area contributed by atoms with Gasteiger partial charge in [-0.3, -0.25) is 4.79 Å². The first-order valence-electron chi connectivity index (χ1n) is 7.07. The predicted octanol–water partition coefficient (Wildman–Crippen LogP) is 4.45. The zero-order valence-corrected chi connectivity index (χ0v) is 13.7. The van der Waals surface area contributed by atoms with Gasteiger partial charge in [0, 0.05) is 10.0 Å². The van der Waals surface area contributed by atoms with E-state index < -0.39 is 0 Å². The first-order chi connectivity index (χ1) is 10.2. The van der Waals surface area contributed by atoms with E-state index in [1.54, 1.807) is 0 Å². The molecule has 0 saturated carbocycles. The molecule has 2 rings (SSSR count). The Morgan fingerprint density at radius 1 is 1.14 bits per heavy atom. The second-order valence-corrected chi connectivity index (χ2v) is 6.05. The van der Waals surface area contributed by atoms with Crippen LogP contribution in [0, 0.1) is 0 Å². The highest BCUT2D eigenvalue weighted by molar-refractivity contribution is 9.10. The average Bonchev–Trinajstić information content (AvgIpc) is 2.47.